The fourth-order valence-corrected chi connectivity index (χ4v) is 2.30. The molecule has 0 saturated heterocycles. The Hall–Kier alpha value is -2.97. The number of hydrogen-bond donors (Lipinski definition) is 1. The second kappa shape index (κ2) is 6.42. The number of anilines is 1. The minimum Gasteiger partial charge on any atom is -0.462 e. The molecule has 0 amide bonds. The molecular formula is C14H17N7O2. The Labute approximate surface area is 132 Å². The van der Waals surface area contributed by atoms with Crippen molar-refractivity contribution in [3.63, 3.8) is 0 Å². The third kappa shape index (κ3) is 2.98. The first-order chi connectivity index (χ1) is 11.2. The number of carbonyl (C=O) groups is 1. The highest BCUT2D eigenvalue weighted by atomic mass is 16.5. The van der Waals surface area contributed by atoms with Gasteiger partial charge in [-0.05, 0) is 6.92 Å². The van der Waals surface area contributed by atoms with Gasteiger partial charge in [-0.2, -0.15) is 5.10 Å². The van der Waals surface area contributed by atoms with Crippen LogP contribution < -0.4 is 5.32 Å². The lowest BCUT2D eigenvalue weighted by molar-refractivity contribution is 0.0527. The van der Waals surface area contributed by atoms with Crippen molar-refractivity contribution < 1.29 is 9.53 Å². The summed E-state index contributed by atoms with van der Waals surface area (Å²) < 4.78 is 8.47. The van der Waals surface area contributed by atoms with E-state index >= 15 is 0 Å². The van der Waals surface area contributed by atoms with Gasteiger partial charge in [-0.15, -0.1) is 5.10 Å². The highest BCUT2D eigenvalue weighted by Crippen LogP contribution is 2.26. The number of hydrogen-bond acceptors (Lipinski definition) is 7. The quantitative estimate of drug-likeness (QED) is 0.673. The summed E-state index contributed by atoms with van der Waals surface area (Å²) in [6.45, 7) is 3.27. The maximum Gasteiger partial charge on any atom is 0.341 e. The Morgan fingerprint density at radius 1 is 1.39 bits per heavy atom. The van der Waals surface area contributed by atoms with E-state index in [9.17, 15) is 4.79 Å². The predicted molar refractivity (Wildman–Crippen MR) is 83.0 cm³/mol. The molecule has 3 aromatic heterocycles. The molecule has 0 aliphatic heterocycles. The van der Waals surface area contributed by atoms with Gasteiger partial charge in [-0.25, -0.2) is 9.78 Å². The Morgan fingerprint density at radius 3 is 3.00 bits per heavy atom. The zero-order valence-corrected chi connectivity index (χ0v) is 12.9. The van der Waals surface area contributed by atoms with Crippen LogP contribution in [0.4, 0.5) is 5.69 Å². The van der Waals surface area contributed by atoms with Crippen LogP contribution in [0.25, 0.3) is 11.0 Å². The van der Waals surface area contributed by atoms with Crippen molar-refractivity contribution in [3.05, 3.63) is 30.4 Å². The monoisotopic (exact) mass is 315 g/mol. The molecule has 23 heavy (non-hydrogen) atoms. The fourth-order valence-electron chi connectivity index (χ4n) is 2.30. The lowest BCUT2D eigenvalue weighted by Crippen LogP contribution is -2.15. The van der Waals surface area contributed by atoms with Crippen molar-refractivity contribution >= 4 is 22.7 Å². The van der Waals surface area contributed by atoms with E-state index in [1.54, 1.807) is 41.9 Å². The number of esters is 1. The number of ether oxygens (including phenoxy) is 1. The summed E-state index contributed by atoms with van der Waals surface area (Å²) in [7, 11) is 1.80. The van der Waals surface area contributed by atoms with Crippen LogP contribution in [0.2, 0.25) is 0 Å². The first-order valence-corrected chi connectivity index (χ1v) is 7.26. The molecule has 0 fully saturated rings. The summed E-state index contributed by atoms with van der Waals surface area (Å²) in [6.07, 6.45) is 6.60. The van der Waals surface area contributed by atoms with Gasteiger partial charge in [-0.1, -0.05) is 5.21 Å². The number of pyridine rings is 1. The summed E-state index contributed by atoms with van der Waals surface area (Å²) in [5.74, 6) is -0.408. The average molecular weight is 315 g/mol. The molecule has 3 rings (SSSR count). The maximum absolute atomic E-state index is 12.2. The van der Waals surface area contributed by atoms with Crippen LogP contribution in [0.1, 0.15) is 17.3 Å². The van der Waals surface area contributed by atoms with Crippen molar-refractivity contribution in [2.24, 2.45) is 7.05 Å². The third-order valence-electron chi connectivity index (χ3n) is 3.37. The van der Waals surface area contributed by atoms with E-state index in [1.807, 2.05) is 0 Å². The second-order valence-electron chi connectivity index (χ2n) is 4.87. The molecule has 0 unspecified atom stereocenters. The van der Waals surface area contributed by atoms with Crippen LogP contribution in [-0.2, 0) is 18.3 Å². The standard InChI is InChI=1S/C14H17N7O2/c1-3-23-14(22)11-8-16-13-10(9-18-20(13)2)12(11)15-4-6-21-7-5-17-19-21/h5,7-9H,3-4,6H2,1-2H3,(H,15,16). The highest BCUT2D eigenvalue weighted by molar-refractivity contribution is 6.04. The van der Waals surface area contributed by atoms with Gasteiger partial charge in [0.25, 0.3) is 0 Å². The molecule has 0 aliphatic rings. The fraction of sp³-hybridized carbons (Fsp3) is 0.357. The van der Waals surface area contributed by atoms with Crippen LogP contribution in [-0.4, -0.2) is 48.9 Å². The van der Waals surface area contributed by atoms with Crippen LogP contribution in [0.15, 0.2) is 24.8 Å². The summed E-state index contributed by atoms with van der Waals surface area (Å²) in [4.78, 5) is 16.4. The summed E-state index contributed by atoms with van der Waals surface area (Å²) >= 11 is 0. The Balaban J connectivity index is 1.90. The number of nitrogens with zero attached hydrogens (tertiary/aromatic N) is 6. The molecule has 0 aliphatic carbocycles. The van der Waals surface area contributed by atoms with E-state index in [-0.39, 0.29) is 0 Å². The van der Waals surface area contributed by atoms with Crippen molar-refractivity contribution in [1.82, 2.24) is 29.8 Å². The number of aryl methyl sites for hydroxylation is 1. The van der Waals surface area contributed by atoms with Gasteiger partial charge >= 0.3 is 5.97 Å². The molecule has 0 bridgehead atoms. The molecule has 0 spiro atoms. The van der Waals surface area contributed by atoms with Crippen molar-refractivity contribution in [2.75, 3.05) is 18.5 Å². The largest absolute Gasteiger partial charge is 0.462 e. The van der Waals surface area contributed by atoms with E-state index in [2.05, 4.69) is 25.7 Å². The average Bonchev–Trinajstić information content (AvgIpc) is 3.18. The van der Waals surface area contributed by atoms with E-state index in [4.69, 9.17) is 4.74 Å². The van der Waals surface area contributed by atoms with Gasteiger partial charge in [-0.3, -0.25) is 9.36 Å². The second-order valence-corrected chi connectivity index (χ2v) is 4.87. The van der Waals surface area contributed by atoms with Crippen molar-refractivity contribution in [2.45, 2.75) is 13.5 Å². The minimum absolute atomic E-state index is 0.308. The van der Waals surface area contributed by atoms with E-state index in [0.717, 1.165) is 5.39 Å². The van der Waals surface area contributed by atoms with E-state index in [0.29, 0.717) is 36.6 Å². The van der Waals surface area contributed by atoms with Crippen LogP contribution in [0.5, 0.6) is 0 Å². The number of fused-ring (bicyclic) bond motifs is 1. The zero-order valence-electron chi connectivity index (χ0n) is 12.9. The Morgan fingerprint density at radius 2 is 2.26 bits per heavy atom. The zero-order chi connectivity index (χ0) is 16.2. The molecule has 1 N–H and O–H groups in total. The predicted octanol–water partition coefficient (Wildman–Crippen LogP) is 0.849. The first kappa shape index (κ1) is 14.9. The van der Waals surface area contributed by atoms with Gasteiger partial charge in [0, 0.05) is 26.0 Å². The normalized spacial score (nSPS) is 10.9. The van der Waals surface area contributed by atoms with Gasteiger partial charge in [0.1, 0.15) is 5.56 Å². The lowest BCUT2D eigenvalue weighted by Gasteiger charge is -2.12. The topological polar surface area (TPSA) is 99.8 Å². The lowest BCUT2D eigenvalue weighted by atomic mass is 10.2. The third-order valence-corrected chi connectivity index (χ3v) is 3.37. The minimum atomic E-state index is -0.408. The number of aromatic nitrogens is 6. The van der Waals surface area contributed by atoms with Crippen LogP contribution in [0.3, 0.4) is 0 Å². The maximum atomic E-state index is 12.2. The van der Waals surface area contributed by atoms with Crippen molar-refractivity contribution in [3.8, 4) is 0 Å². The molecule has 3 heterocycles. The molecule has 120 valence electrons. The molecule has 9 heteroatoms. The van der Waals surface area contributed by atoms with Crippen molar-refractivity contribution in [1.29, 1.82) is 0 Å². The summed E-state index contributed by atoms with van der Waals surface area (Å²) in [6, 6.07) is 0. The number of rotatable bonds is 6. The van der Waals surface area contributed by atoms with Crippen LogP contribution in [0, 0.1) is 0 Å². The first-order valence-electron chi connectivity index (χ1n) is 7.26. The van der Waals surface area contributed by atoms with Crippen LogP contribution >= 0.6 is 0 Å². The molecule has 0 saturated carbocycles. The molecule has 0 aromatic carbocycles. The van der Waals surface area contributed by atoms with E-state index < -0.39 is 5.97 Å². The Kier molecular flexibility index (Phi) is 4.18. The molecule has 0 atom stereocenters. The SMILES string of the molecule is CCOC(=O)c1cnc2c(cnn2C)c1NCCn1ccnn1. The molecule has 3 aromatic rings. The van der Waals surface area contributed by atoms with Gasteiger partial charge in [0.05, 0.1) is 36.6 Å². The molecular weight excluding hydrogens is 298 g/mol. The van der Waals surface area contributed by atoms with Gasteiger partial charge < -0.3 is 10.1 Å². The van der Waals surface area contributed by atoms with Gasteiger partial charge in [0.2, 0.25) is 0 Å². The summed E-state index contributed by atoms with van der Waals surface area (Å²) in [5.41, 5.74) is 1.76. The summed E-state index contributed by atoms with van der Waals surface area (Å²) in [5, 5.41) is 15.9. The smallest absolute Gasteiger partial charge is 0.341 e. The highest BCUT2D eigenvalue weighted by Gasteiger charge is 2.18. The number of nitrogens with one attached hydrogen (secondary N) is 1. The molecule has 0 radical (unpaired) electrons. The van der Waals surface area contributed by atoms with Gasteiger partial charge in [0.15, 0.2) is 5.65 Å². The molecule has 9 nitrogen and oxygen atoms in total. The van der Waals surface area contributed by atoms with E-state index in [1.165, 1.54) is 6.20 Å². The Bertz CT molecular complexity index is 810. The number of carbonyl (C=O) groups excluding carboxylic acids is 1.